The number of nitriles is 1. The van der Waals surface area contributed by atoms with Gasteiger partial charge in [0.05, 0.1) is 11.8 Å². The van der Waals surface area contributed by atoms with Crippen LogP contribution in [0.3, 0.4) is 0 Å². The van der Waals surface area contributed by atoms with Gasteiger partial charge in [-0.3, -0.25) is 0 Å². The second-order valence-electron chi connectivity index (χ2n) is 3.74. The Hall–Kier alpha value is -2.41. The van der Waals surface area contributed by atoms with Crippen LogP contribution >= 0.6 is 0 Å². The SMILES string of the molecule is N#CC(Nc1ccccc1F)c1ccc(F)cc1. The number of hydrogen-bond donors (Lipinski definition) is 1. The summed E-state index contributed by atoms with van der Waals surface area (Å²) in [5, 5.41) is 11.8. The zero-order valence-corrected chi connectivity index (χ0v) is 9.40. The van der Waals surface area contributed by atoms with E-state index in [1.54, 1.807) is 18.2 Å². The summed E-state index contributed by atoms with van der Waals surface area (Å²) in [6.07, 6.45) is 0. The molecular weight excluding hydrogens is 234 g/mol. The monoisotopic (exact) mass is 244 g/mol. The van der Waals surface area contributed by atoms with Crippen molar-refractivity contribution in [1.29, 1.82) is 5.26 Å². The first-order valence-corrected chi connectivity index (χ1v) is 5.37. The van der Waals surface area contributed by atoms with Crippen molar-refractivity contribution in [3.05, 3.63) is 65.7 Å². The van der Waals surface area contributed by atoms with Crippen LogP contribution < -0.4 is 5.32 Å². The Kier molecular flexibility index (Phi) is 3.54. The molecule has 0 fully saturated rings. The molecule has 1 N–H and O–H groups in total. The first-order valence-electron chi connectivity index (χ1n) is 5.37. The van der Waals surface area contributed by atoms with Gasteiger partial charge >= 0.3 is 0 Å². The fraction of sp³-hybridized carbons (Fsp3) is 0.0714. The normalized spacial score (nSPS) is 11.6. The zero-order chi connectivity index (χ0) is 13.0. The van der Waals surface area contributed by atoms with Crippen LogP contribution in [0.4, 0.5) is 14.5 Å². The fourth-order valence-electron chi connectivity index (χ4n) is 1.58. The molecule has 0 aliphatic heterocycles. The molecule has 4 heteroatoms. The van der Waals surface area contributed by atoms with Crippen LogP contribution in [0.1, 0.15) is 11.6 Å². The van der Waals surface area contributed by atoms with E-state index in [2.05, 4.69) is 5.32 Å². The Balaban J connectivity index is 2.23. The van der Waals surface area contributed by atoms with E-state index >= 15 is 0 Å². The van der Waals surface area contributed by atoms with Crippen molar-refractivity contribution >= 4 is 5.69 Å². The van der Waals surface area contributed by atoms with Crippen molar-refractivity contribution in [2.75, 3.05) is 5.32 Å². The lowest BCUT2D eigenvalue weighted by Crippen LogP contribution is -2.09. The van der Waals surface area contributed by atoms with Gasteiger partial charge in [-0.2, -0.15) is 5.26 Å². The quantitative estimate of drug-likeness (QED) is 0.894. The average Bonchev–Trinajstić information content (AvgIpc) is 2.39. The molecule has 0 saturated carbocycles. The summed E-state index contributed by atoms with van der Waals surface area (Å²) in [5.41, 5.74) is 0.829. The van der Waals surface area contributed by atoms with Crippen LogP contribution in [-0.2, 0) is 0 Å². The minimum atomic E-state index is -0.720. The average molecular weight is 244 g/mol. The Labute approximate surface area is 103 Å². The van der Waals surface area contributed by atoms with Gasteiger partial charge in [0.25, 0.3) is 0 Å². The predicted molar refractivity (Wildman–Crippen MR) is 64.8 cm³/mol. The van der Waals surface area contributed by atoms with E-state index in [-0.39, 0.29) is 11.5 Å². The van der Waals surface area contributed by atoms with E-state index < -0.39 is 11.9 Å². The lowest BCUT2D eigenvalue weighted by Gasteiger charge is -2.13. The molecule has 0 aliphatic carbocycles. The van der Waals surface area contributed by atoms with Crippen molar-refractivity contribution in [2.45, 2.75) is 6.04 Å². The minimum absolute atomic E-state index is 0.244. The maximum Gasteiger partial charge on any atom is 0.146 e. The molecule has 0 heterocycles. The number of hydrogen-bond acceptors (Lipinski definition) is 2. The molecule has 1 unspecified atom stereocenters. The summed E-state index contributed by atoms with van der Waals surface area (Å²) in [7, 11) is 0. The predicted octanol–water partition coefficient (Wildman–Crippen LogP) is 3.64. The largest absolute Gasteiger partial charge is 0.364 e. The van der Waals surface area contributed by atoms with Gasteiger partial charge in [-0.05, 0) is 29.8 Å². The second kappa shape index (κ2) is 5.28. The topological polar surface area (TPSA) is 35.8 Å². The van der Waals surface area contributed by atoms with Crippen LogP contribution in [0.25, 0.3) is 0 Å². The summed E-state index contributed by atoms with van der Waals surface area (Å²) in [6, 6.07) is 12.9. The highest BCUT2D eigenvalue weighted by Crippen LogP contribution is 2.21. The molecule has 2 aromatic rings. The minimum Gasteiger partial charge on any atom is -0.364 e. The van der Waals surface area contributed by atoms with Crippen molar-refractivity contribution in [3.8, 4) is 6.07 Å². The van der Waals surface area contributed by atoms with Crippen LogP contribution in [0.2, 0.25) is 0 Å². The third kappa shape index (κ3) is 2.64. The van der Waals surface area contributed by atoms with E-state index in [1.165, 1.54) is 30.3 Å². The molecule has 90 valence electrons. The van der Waals surface area contributed by atoms with E-state index in [0.29, 0.717) is 5.56 Å². The molecule has 0 radical (unpaired) electrons. The van der Waals surface area contributed by atoms with Crippen LogP contribution in [0, 0.1) is 23.0 Å². The third-order valence-electron chi connectivity index (χ3n) is 2.51. The van der Waals surface area contributed by atoms with E-state index in [1.807, 2.05) is 6.07 Å². The molecule has 2 aromatic carbocycles. The first kappa shape index (κ1) is 12.1. The summed E-state index contributed by atoms with van der Waals surface area (Å²) in [6.45, 7) is 0. The molecule has 0 aliphatic rings. The highest BCUT2D eigenvalue weighted by molar-refractivity contribution is 5.48. The molecule has 0 spiro atoms. The van der Waals surface area contributed by atoms with Gasteiger partial charge in [-0.1, -0.05) is 24.3 Å². The molecule has 18 heavy (non-hydrogen) atoms. The Morgan fingerprint density at radius 2 is 1.67 bits per heavy atom. The number of nitrogens with zero attached hydrogens (tertiary/aromatic N) is 1. The second-order valence-corrected chi connectivity index (χ2v) is 3.74. The van der Waals surface area contributed by atoms with E-state index in [4.69, 9.17) is 5.26 Å². The maximum absolute atomic E-state index is 13.4. The maximum atomic E-state index is 13.4. The lowest BCUT2D eigenvalue weighted by atomic mass is 10.1. The molecule has 2 rings (SSSR count). The Morgan fingerprint density at radius 1 is 1.00 bits per heavy atom. The summed E-state index contributed by atoms with van der Waals surface area (Å²) >= 11 is 0. The smallest absolute Gasteiger partial charge is 0.146 e. The number of rotatable bonds is 3. The number of benzene rings is 2. The number of anilines is 1. The van der Waals surface area contributed by atoms with E-state index in [0.717, 1.165) is 0 Å². The number of para-hydroxylation sites is 1. The molecule has 0 aromatic heterocycles. The molecule has 2 nitrogen and oxygen atoms in total. The number of halogens is 2. The number of nitrogens with one attached hydrogen (secondary N) is 1. The van der Waals surface area contributed by atoms with Crippen molar-refractivity contribution in [2.24, 2.45) is 0 Å². The Bertz CT molecular complexity index is 573. The van der Waals surface area contributed by atoms with Crippen molar-refractivity contribution < 1.29 is 8.78 Å². The van der Waals surface area contributed by atoms with Gasteiger partial charge in [0.15, 0.2) is 0 Å². The van der Waals surface area contributed by atoms with Crippen LogP contribution in [0.5, 0.6) is 0 Å². The van der Waals surface area contributed by atoms with Gasteiger partial charge in [-0.25, -0.2) is 8.78 Å². The molecule has 0 saturated heterocycles. The first-order chi connectivity index (χ1) is 8.70. The van der Waals surface area contributed by atoms with Gasteiger partial charge in [-0.15, -0.1) is 0 Å². The van der Waals surface area contributed by atoms with Gasteiger partial charge in [0, 0.05) is 0 Å². The van der Waals surface area contributed by atoms with Crippen molar-refractivity contribution in [3.63, 3.8) is 0 Å². The van der Waals surface area contributed by atoms with Crippen LogP contribution in [0.15, 0.2) is 48.5 Å². The molecule has 0 amide bonds. The highest BCUT2D eigenvalue weighted by atomic mass is 19.1. The summed E-state index contributed by atoms with van der Waals surface area (Å²) in [4.78, 5) is 0. The summed E-state index contributed by atoms with van der Waals surface area (Å²) in [5.74, 6) is -0.804. The van der Waals surface area contributed by atoms with Gasteiger partial charge in [0.2, 0.25) is 0 Å². The standard InChI is InChI=1S/C14H10F2N2/c15-11-7-5-10(6-8-11)14(9-17)18-13-4-2-1-3-12(13)16/h1-8,14,18H. The summed E-state index contributed by atoms with van der Waals surface area (Å²) < 4.78 is 26.2. The lowest BCUT2D eigenvalue weighted by molar-refractivity contribution is 0.625. The van der Waals surface area contributed by atoms with E-state index in [9.17, 15) is 8.78 Å². The Morgan fingerprint density at radius 3 is 2.28 bits per heavy atom. The molecular formula is C14H10F2N2. The van der Waals surface area contributed by atoms with Crippen LogP contribution in [-0.4, -0.2) is 0 Å². The van der Waals surface area contributed by atoms with Gasteiger partial charge in [0.1, 0.15) is 17.7 Å². The van der Waals surface area contributed by atoms with Crippen molar-refractivity contribution in [1.82, 2.24) is 0 Å². The molecule has 0 bridgehead atoms. The molecule has 1 atom stereocenters. The fourth-order valence-corrected chi connectivity index (χ4v) is 1.58. The third-order valence-corrected chi connectivity index (χ3v) is 2.51. The zero-order valence-electron chi connectivity index (χ0n) is 9.40. The highest BCUT2D eigenvalue weighted by Gasteiger charge is 2.12. The van der Waals surface area contributed by atoms with Gasteiger partial charge < -0.3 is 5.32 Å².